The van der Waals surface area contributed by atoms with Crippen LogP contribution in [0.15, 0.2) is 122 Å². The molecular formula is C41H26N4O2Pt. The van der Waals surface area contributed by atoms with Gasteiger partial charge < -0.3 is 18.4 Å². The van der Waals surface area contributed by atoms with E-state index in [4.69, 9.17) is 14.5 Å². The molecule has 0 saturated heterocycles. The Balaban J connectivity index is 0.00000314. The van der Waals surface area contributed by atoms with Gasteiger partial charge in [-0.15, -0.1) is 30.3 Å². The number of ether oxygens (including phenoxy) is 2. The van der Waals surface area contributed by atoms with E-state index in [0.717, 1.165) is 72.0 Å². The van der Waals surface area contributed by atoms with Gasteiger partial charge in [-0.1, -0.05) is 78.8 Å². The summed E-state index contributed by atoms with van der Waals surface area (Å²) in [4.78, 5) is 9.50. The minimum atomic E-state index is -0.223. The zero-order chi connectivity index (χ0) is 31.3. The van der Waals surface area contributed by atoms with E-state index in [9.17, 15) is 0 Å². The van der Waals surface area contributed by atoms with E-state index in [-0.39, 0.29) is 26.5 Å². The summed E-state index contributed by atoms with van der Waals surface area (Å²) in [6.45, 7) is 4.52. The Morgan fingerprint density at radius 1 is 0.667 bits per heavy atom. The molecule has 0 spiro atoms. The van der Waals surface area contributed by atoms with Crippen molar-refractivity contribution in [3.8, 4) is 28.7 Å². The summed E-state index contributed by atoms with van der Waals surface area (Å²) < 4.78 is 17.4. The average Bonchev–Trinajstić information content (AvgIpc) is 3.73. The maximum absolute atomic E-state index is 6.69. The van der Waals surface area contributed by atoms with Gasteiger partial charge in [-0.2, -0.15) is 6.07 Å². The summed E-state index contributed by atoms with van der Waals surface area (Å²) in [5.41, 5.74) is 6.70. The minimum Gasteiger partial charge on any atom is -0.503 e. The monoisotopic (exact) mass is 801 g/mol. The largest absolute Gasteiger partial charge is 2.00 e. The van der Waals surface area contributed by atoms with Crippen molar-refractivity contribution in [2.24, 2.45) is 0 Å². The van der Waals surface area contributed by atoms with Gasteiger partial charge in [0.1, 0.15) is 17.1 Å². The van der Waals surface area contributed by atoms with Crippen LogP contribution in [0.5, 0.6) is 23.0 Å². The van der Waals surface area contributed by atoms with Crippen molar-refractivity contribution in [3.05, 3.63) is 145 Å². The first-order valence-corrected chi connectivity index (χ1v) is 15.7. The molecule has 0 bridgehead atoms. The molecular weight excluding hydrogens is 776 g/mol. The molecule has 0 saturated carbocycles. The van der Waals surface area contributed by atoms with Gasteiger partial charge in [-0.05, 0) is 35.7 Å². The zero-order valence-electron chi connectivity index (χ0n) is 26.0. The van der Waals surface area contributed by atoms with Gasteiger partial charge in [0.05, 0.1) is 16.6 Å². The molecule has 0 fully saturated rings. The van der Waals surface area contributed by atoms with Crippen molar-refractivity contribution in [3.63, 3.8) is 0 Å². The van der Waals surface area contributed by atoms with Crippen molar-refractivity contribution in [2.45, 2.75) is 19.3 Å². The Labute approximate surface area is 290 Å². The first-order chi connectivity index (χ1) is 23.1. The number of fused-ring (bicyclic) bond motifs is 12. The Morgan fingerprint density at radius 3 is 2.42 bits per heavy atom. The molecule has 1 aliphatic heterocycles. The van der Waals surface area contributed by atoms with E-state index >= 15 is 0 Å². The Morgan fingerprint density at radius 2 is 1.48 bits per heavy atom. The number of para-hydroxylation sites is 2. The van der Waals surface area contributed by atoms with Crippen LogP contribution in [0.2, 0.25) is 0 Å². The third-order valence-electron chi connectivity index (χ3n) is 9.54. The van der Waals surface area contributed by atoms with Crippen molar-refractivity contribution < 1.29 is 30.5 Å². The number of hydrogen-bond donors (Lipinski definition) is 0. The second kappa shape index (κ2) is 10.5. The van der Waals surface area contributed by atoms with Crippen LogP contribution in [-0.4, -0.2) is 18.9 Å². The van der Waals surface area contributed by atoms with Crippen molar-refractivity contribution in [1.82, 2.24) is 18.9 Å². The van der Waals surface area contributed by atoms with Crippen LogP contribution >= 0.6 is 0 Å². The van der Waals surface area contributed by atoms with Crippen LogP contribution in [-0.2, 0) is 26.5 Å². The normalized spacial score (nSPS) is 13.4. The van der Waals surface area contributed by atoms with Gasteiger partial charge in [0, 0.05) is 57.5 Å². The van der Waals surface area contributed by atoms with Gasteiger partial charge in [0.25, 0.3) is 0 Å². The van der Waals surface area contributed by atoms with Crippen LogP contribution in [0.3, 0.4) is 0 Å². The zero-order valence-corrected chi connectivity index (χ0v) is 28.2. The molecule has 0 amide bonds. The molecule has 5 aromatic carbocycles. The summed E-state index contributed by atoms with van der Waals surface area (Å²) in [6.07, 6.45) is 5.63. The fourth-order valence-corrected chi connectivity index (χ4v) is 7.35. The second-order valence-corrected chi connectivity index (χ2v) is 12.5. The molecule has 1 aliphatic rings. The standard InChI is InChI=1S/C41H26N4O2.Pt/c1-41(2)32-13-4-6-15-36(32)47-38-33(41)18-19-35-37(38)30-12-8-20-42-40(30)45(35)25-9-7-10-26(23-25)46-27-16-17-28-29-11-3-5-14-34(29)44-22-21-43-39(44)31(28)24-27;/h3-22H,1-2H3;/q-2;+2. The first kappa shape index (κ1) is 28.7. The van der Waals surface area contributed by atoms with Gasteiger partial charge in [0.15, 0.2) is 0 Å². The van der Waals surface area contributed by atoms with E-state index in [1.54, 1.807) is 0 Å². The molecule has 5 heterocycles. The number of nitrogens with zero attached hydrogens (tertiary/aromatic N) is 4. The molecule has 6 nitrogen and oxygen atoms in total. The fourth-order valence-electron chi connectivity index (χ4n) is 7.35. The predicted molar refractivity (Wildman–Crippen MR) is 185 cm³/mol. The maximum Gasteiger partial charge on any atom is 2.00 e. The fraction of sp³-hybridized carbons (Fsp3) is 0.0732. The van der Waals surface area contributed by atoms with E-state index in [1.165, 1.54) is 5.56 Å². The number of hydrogen-bond acceptors (Lipinski definition) is 4. The average molecular weight is 802 g/mol. The van der Waals surface area contributed by atoms with Crippen LogP contribution in [0.25, 0.3) is 54.9 Å². The van der Waals surface area contributed by atoms with Gasteiger partial charge in [-0.25, -0.2) is 4.98 Å². The van der Waals surface area contributed by atoms with Crippen molar-refractivity contribution in [1.29, 1.82) is 0 Å². The molecule has 232 valence electrons. The topological polar surface area (TPSA) is 53.6 Å². The Kier molecular flexibility index (Phi) is 6.31. The first-order valence-electron chi connectivity index (χ1n) is 15.7. The number of benzene rings is 5. The summed E-state index contributed by atoms with van der Waals surface area (Å²) in [5, 5.41) is 5.18. The van der Waals surface area contributed by atoms with Crippen LogP contribution < -0.4 is 9.47 Å². The van der Waals surface area contributed by atoms with Crippen LogP contribution in [0.4, 0.5) is 0 Å². The molecule has 7 heteroatoms. The maximum atomic E-state index is 6.69. The van der Waals surface area contributed by atoms with Gasteiger partial charge in [-0.3, -0.25) is 4.98 Å². The van der Waals surface area contributed by atoms with E-state index in [1.807, 2.05) is 61.1 Å². The second-order valence-electron chi connectivity index (χ2n) is 12.5. The number of imidazole rings is 1. The molecule has 0 unspecified atom stereocenters. The van der Waals surface area contributed by atoms with Crippen LogP contribution in [0, 0.1) is 12.1 Å². The molecule has 0 radical (unpaired) electrons. The minimum absolute atomic E-state index is 0. The van der Waals surface area contributed by atoms with Gasteiger partial charge in [0.2, 0.25) is 0 Å². The van der Waals surface area contributed by atoms with Gasteiger partial charge >= 0.3 is 21.1 Å². The molecule has 9 aromatic rings. The SMILES string of the molecule is CC1(C)c2ccccc2Oc2c1ccc1c2c2cccnc2n1-c1[c-]c(Oc2[c-]c3c(cc2)c2ccccc2n2ccnc32)ccc1.[Pt+2]. The van der Waals surface area contributed by atoms with Crippen molar-refractivity contribution in [2.75, 3.05) is 0 Å². The molecule has 0 N–H and O–H groups in total. The summed E-state index contributed by atoms with van der Waals surface area (Å²) >= 11 is 0. The Hall–Kier alpha value is -5.45. The molecule has 48 heavy (non-hydrogen) atoms. The quantitative estimate of drug-likeness (QED) is 0.132. The smallest absolute Gasteiger partial charge is 0.503 e. The number of aromatic nitrogens is 4. The molecule has 4 aromatic heterocycles. The van der Waals surface area contributed by atoms with E-state index < -0.39 is 0 Å². The van der Waals surface area contributed by atoms with Crippen molar-refractivity contribution >= 4 is 49.3 Å². The van der Waals surface area contributed by atoms with E-state index in [0.29, 0.717) is 11.5 Å². The molecule has 0 aliphatic carbocycles. The molecule has 0 atom stereocenters. The third kappa shape index (κ3) is 4.02. The van der Waals surface area contributed by atoms with E-state index in [2.05, 4.69) is 101 Å². The predicted octanol–water partition coefficient (Wildman–Crippen LogP) is 9.95. The van der Waals surface area contributed by atoms with Crippen LogP contribution in [0.1, 0.15) is 25.0 Å². The Bertz CT molecular complexity index is 2740. The number of pyridine rings is 2. The summed E-state index contributed by atoms with van der Waals surface area (Å²) in [5.74, 6) is 2.93. The molecule has 10 rings (SSSR count). The third-order valence-corrected chi connectivity index (χ3v) is 9.54. The summed E-state index contributed by atoms with van der Waals surface area (Å²) in [6, 6.07) is 42.1. The number of rotatable bonds is 3. The summed E-state index contributed by atoms with van der Waals surface area (Å²) in [7, 11) is 0.